The Labute approximate surface area is 211 Å². The van der Waals surface area contributed by atoms with Crippen molar-refractivity contribution in [1.82, 2.24) is 4.57 Å². The molecule has 1 saturated heterocycles. The highest BCUT2D eigenvalue weighted by Crippen LogP contribution is 2.49. The second kappa shape index (κ2) is 11.3. The lowest BCUT2D eigenvalue weighted by Crippen LogP contribution is -2.36. The Balaban J connectivity index is 0.000000586. The van der Waals surface area contributed by atoms with Crippen LogP contribution in [-0.2, 0) is 23.1 Å². The highest BCUT2D eigenvalue weighted by Gasteiger charge is 2.40. The summed E-state index contributed by atoms with van der Waals surface area (Å²) >= 11 is 0. The first-order valence-corrected chi connectivity index (χ1v) is 11.9. The number of rotatable bonds is 5. The van der Waals surface area contributed by atoms with Crippen molar-refractivity contribution in [1.29, 1.82) is 0 Å². The van der Waals surface area contributed by atoms with Crippen LogP contribution in [0.15, 0.2) is 61.2 Å². The number of anilines is 1. The van der Waals surface area contributed by atoms with E-state index < -0.39 is 7.25 Å². The van der Waals surface area contributed by atoms with Gasteiger partial charge < -0.3 is 32.1 Å². The summed E-state index contributed by atoms with van der Waals surface area (Å²) in [7, 11) is -4.05. The number of halogens is 5. The molecule has 1 N–H and O–H groups in total. The van der Waals surface area contributed by atoms with E-state index in [2.05, 4.69) is 5.32 Å². The second-order valence-electron chi connectivity index (χ2n) is 9.02. The fourth-order valence-corrected chi connectivity index (χ4v) is 4.76. The van der Waals surface area contributed by atoms with Gasteiger partial charge in [0.05, 0.1) is 24.8 Å². The molecule has 0 bridgehead atoms. The van der Waals surface area contributed by atoms with Crippen molar-refractivity contribution >= 4 is 18.9 Å². The summed E-state index contributed by atoms with van der Waals surface area (Å²) in [5.74, 6) is -0.367. The van der Waals surface area contributed by atoms with Gasteiger partial charge in [0.25, 0.3) is 0 Å². The third kappa shape index (κ3) is 7.09. The maximum Gasteiger partial charge on any atom is 0.673 e. The number of hydrogen-bond acceptors (Lipinski definition) is 4. The van der Waals surface area contributed by atoms with Gasteiger partial charge in [0.15, 0.2) is 0 Å². The van der Waals surface area contributed by atoms with E-state index in [1.807, 2.05) is 59.2 Å². The molecule has 2 aliphatic heterocycles. The molecule has 5 rings (SSSR count). The average Bonchev–Trinajstić information content (AvgIpc) is 3.27. The number of benzene rings is 2. The van der Waals surface area contributed by atoms with Crippen molar-refractivity contribution in [2.24, 2.45) is 13.0 Å². The van der Waals surface area contributed by atoms with Gasteiger partial charge in [-0.2, -0.15) is 0 Å². The van der Waals surface area contributed by atoms with Gasteiger partial charge in [0.1, 0.15) is 31.4 Å². The van der Waals surface area contributed by atoms with Gasteiger partial charge in [-0.25, -0.2) is 18.3 Å². The minimum absolute atomic E-state index is 0.0396. The fraction of sp³-hybridized carbons (Fsp3) is 0.360. The van der Waals surface area contributed by atoms with Crippen LogP contribution in [0.3, 0.4) is 0 Å². The quantitative estimate of drug-likeness (QED) is 0.215. The van der Waals surface area contributed by atoms with Gasteiger partial charge in [-0.05, 0) is 48.7 Å². The van der Waals surface area contributed by atoms with E-state index >= 15 is 0 Å². The standard InChI is InChI=1S/C25H27FN3O3.BF4/c1-28-10-11-29(16-28)12-14-32-25(30)18-6-4-17(5-7-18)23-20-3-2-13-31-24(20)21-15-19(26)8-9-22(21)27-23;2-1(3,4)5/h4-11,15-16,20,23-24,27H,2-3,12-14H2,1H3;/q+1;-1. The Morgan fingerprint density at radius 2 is 1.92 bits per heavy atom. The number of carbonyl (C=O) groups is 1. The molecule has 1 aromatic heterocycles. The molecule has 6 nitrogen and oxygen atoms in total. The van der Waals surface area contributed by atoms with Gasteiger partial charge in [0, 0.05) is 23.8 Å². The molecule has 3 aromatic rings. The summed E-state index contributed by atoms with van der Waals surface area (Å²) in [4.78, 5) is 12.4. The summed E-state index contributed by atoms with van der Waals surface area (Å²) in [6.07, 6.45) is 7.67. The maximum absolute atomic E-state index is 13.9. The smallest absolute Gasteiger partial charge is 0.458 e. The highest BCUT2D eigenvalue weighted by molar-refractivity contribution is 6.50. The molecule has 2 aliphatic rings. The highest BCUT2D eigenvalue weighted by atomic mass is 19.5. The van der Waals surface area contributed by atoms with Gasteiger partial charge in [-0.3, -0.25) is 0 Å². The van der Waals surface area contributed by atoms with Crippen LogP contribution in [0, 0.1) is 11.7 Å². The number of hydrogen-bond donors (Lipinski definition) is 1. The van der Waals surface area contributed by atoms with Crippen LogP contribution in [-0.4, -0.2) is 31.0 Å². The van der Waals surface area contributed by atoms with Crippen molar-refractivity contribution in [2.75, 3.05) is 18.5 Å². The lowest BCUT2D eigenvalue weighted by molar-refractivity contribution is -0.671. The maximum atomic E-state index is 13.9. The Bertz CT molecular complexity index is 1210. The van der Waals surface area contributed by atoms with Gasteiger partial charge in [-0.1, -0.05) is 12.1 Å². The molecular weight excluding hydrogens is 496 g/mol. The van der Waals surface area contributed by atoms with Crippen LogP contribution >= 0.6 is 0 Å². The molecule has 2 aromatic carbocycles. The topological polar surface area (TPSA) is 56.4 Å². The van der Waals surface area contributed by atoms with Crippen molar-refractivity contribution in [3.8, 4) is 0 Å². The Kier molecular flexibility index (Phi) is 8.16. The first kappa shape index (κ1) is 26.7. The molecule has 0 amide bonds. The monoisotopic (exact) mass is 523 g/mol. The molecule has 0 radical (unpaired) electrons. The number of esters is 1. The Morgan fingerprint density at radius 3 is 2.59 bits per heavy atom. The SMILES string of the molecule is C[n+]1ccn(CCOC(=O)c2ccc(C3Nc4ccc(F)cc4C4OCCCC34)cc2)c1.F[B-](F)(F)F. The molecule has 0 spiro atoms. The molecule has 0 saturated carbocycles. The van der Waals surface area contributed by atoms with E-state index in [0.29, 0.717) is 25.3 Å². The molecule has 12 heteroatoms. The lowest BCUT2D eigenvalue weighted by atomic mass is 9.77. The Hall–Kier alpha value is -3.41. The fourth-order valence-electron chi connectivity index (χ4n) is 4.76. The zero-order chi connectivity index (χ0) is 26.6. The van der Waals surface area contributed by atoms with Gasteiger partial charge >= 0.3 is 13.2 Å². The number of imidazole rings is 1. The molecule has 198 valence electrons. The first-order valence-electron chi connectivity index (χ1n) is 11.9. The average molecular weight is 523 g/mol. The first-order chi connectivity index (χ1) is 17.6. The summed E-state index contributed by atoms with van der Waals surface area (Å²) in [6, 6.07) is 12.4. The van der Waals surface area contributed by atoms with Crippen LogP contribution in [0.1, 0.15) is 46.5 Å². The number of nitrogens with one attached hydrogen (secondary N) is 1. The molecule has 3 heterocycles. The van der Waals surface area contributed by atoms with E-state index in [9.17, 15) is 26.4 Å². The van der Waals surface area contributed by atoms with E-state index in [4.69, 9.17) is 9.47 Å². The number of fused-ring (bicyclic) bond motifs is 3. The number of nitrogens with zero attached hydrogens (tertiary/aromatic N) is 2. The molecule has 1 fully saturated rings. The van der Waals surface area contributed by atoms with Crippen LogP contribution in [0.4, 0.5) is 27.3 Å². The van der Waals surface area contributed by atoms with E-state index in [-0.39, 0.29) is 29.9 Å². The summed E-state index contributed by atoms with van der Waals surface area (Å²) in [6.45, 7) is 1.61. The second-order valence-corrected chi connectivity index (χ2v) is 9.02. The van der Waals surface area contributed by atoms with Crippen molar-refractivity contribution in [3.63, 3.8) is 0 Å². The normalized spacial score (nSPS) is 20.5. The molecule has 3 atom stereocenters. The van der Waals surface area contributed by atoms with Crippen LogP contribution in [0.5, 0.6) is 0 Å². The summed E-state index contributed by atoms with van der Waals surface area (Å²) in [5, 5.41) is 3.58. The number of ether oxygens (including phenoxy) is 2. The minimum Gasteiger partial charge on any atom is -0.458 e. The largest absolute Gasteiger partial charge is 0.673 e. The summed E-state index contributed by atoms with van der Waals surface area (Å²) in [5.41, 5.74) is 3.40. The number of aromatic nitrogens is 2. The zero-order valence-corrected chi connectivity index (χ0v) is 20.1. The number of carbonyl (C=O) groups excluding carboxylic acids is 1. The van der Waals surface area contributed by atoms with Gasteiger partial charge in [-0.15, -0.1) is 0 Å². The molecule has 3 unspecified atom stereocenters. The van der Waals surface area contributed by atoms with E-state index in [1.165, 1.54) is 6.07 Å². The lowest BCUT2D eigenvalue weighted by Gasteiger charge is -2.43. The molecule has 37 heavy (non-hydrogen) atoms. The van der Waals surface area contributed by atoms with Crippen molar-refractivity contribution < 1.29 is 40.5 Å². The van der Waals surface area contributed by atoms with Gasteiger partial charge in [0.2, 0.25) is 6.33 Å². The number of aryl methyl sites for hydroxylation is 1. The van der Waals surface area contributed by atoms with Crippen LogP contribution in [0.2, 0.25) is 0 Å². The van der Waals surface area contributed by atoms with Crippen LogP contribution < -0.4 is 9.88 Å². The predicted octanol–water partition coefficient (Wildman–Crippen LogP) is 5.24. The molecular formula is C25H27BF5N3O3. The Morgan fingerprint density at radius 1 is 1.19 bits per heavy atom. The van der Waals surface area contributed by atoms with Crippen molar-refractivity contribution in [3.05, 3.63) is 83.7 Å². The van der Waals surface area contributed by atoms with Crippen molar-refractivity contribution in [2.45, 2.75) is 31.5 Å². The van der Waals surface area contributed by atoms with Crippen LogP contribution in [0.25, 0.3) is 0 Å². The third-order valence-electron chi connectivity index (χ3n) is 6.34. The van der Waals surface area contributed by atoms with E-state index in [0.717, 1.165) is 29.7 Å². The molecule has 0 aliphatic carbocycles. The minimum atomic E-state index is -6.00. The predicted molar refractivity (Wildman–Crippen MR) is 127 cm³/mol. The summed E-state index contributed by atoms with van der Waals surface area (Å²) < 4.78 is 68.3. The zero-order valence-electron chi connectivity index (χ0n) is 20.1. The van der Waals surface area contributed by atoms with E-state index in [1.54, 1.807) is 12.1 Å². The third-order valence-corrected chi connectivity index (χ3v) is 6.34.